The first kappa shape index (κ1) is 15.1. The van der Waals surface area contributed by atoms with Crippen molar-refractivity contribution in [2.24, 2.45) is 0 Å². The maximum absolute atomic E-state index is 12.5. The molecule has 0 saturated carbocycles. The molecule has 3 saturated heterocycles. The molecule has 3 fully saturated rings. The topological polar surface area (TPSA) is 54.9 Å². The van der Waals surface area contributed by atoms with Gasteiger partial charge in [0.05, 0.1) is 38.5 Å². The Bertz CT molecular complexity index is 577. The van der Waals surface area contributed by atoms with E-state index in [0.29, 0.717) is 24.7 Å². The summed E-state index contributed by atoms with van der Waals surface area (Å²) in [7, 11) is 0. The third-order valence-corrected chi connectivity index (χ3v) is 5.16. The summed E-state index contributed by atoms with van der Waals surface area (Å²) in [6.07, 6.45) is 2.68. The quantitative estimate of drug-likeness (QED) is 0.804. The van der Waals surface area contributed by atoms with E-state index in [1.807, 2.05) is 24.0 Å². The highest BCUT2D eigenvalue weighted by molar-refractivity contribution is 5.94. The molecule has 1 unspecified atom stereocenters. The van der Waals surface area contributed by atoms with E-state index in [0.717, 1.165) is 45.0 Å². The maximum atomic E-state index is 12.5. The van der Waals surface area contributed by atoms with Crippen molar-refractivity contribution in [2.45, 2.75) is 25.0 Å². The van der Waals surface area contributed by atoms with Crippen LogP contribution in [0.15, 0.2) is 18.3 Å². The van der Waals surface area contributed by atoms with Crippen molar-refractivity contribution in [1.82, 2.24) is 14.8 Å². The lowest BCUT2D eigenvalue weighted by Gasteiger charge is -2.47. The third kappa shape index (κ3) is 2.86. The second kappa shape index (κ2) is 5.85. The standard InChI is InChI=1S/C17H23N3O3/c1-13-2-3-14(9-18-13)16(21)20-11-17(12-20)8-15(10-23-17)19-4-6-22-7-5-19/h2-3,9,15H,4-8,10-12H2,1H3. The van der Waals surface area contributed by atoms with E-state index in [9.17, 15) is 4.79 Å². The molecule has 4 rings (SSSR count). The average Bonchev–Trinajstić information content (AvgIpc) is 3.00. The van der Waals surface area contributed by atoms with Gasteiger partial charge in [-0.15, -0.1) is 0 Å². The molecule has 3 aliphatic rings. The highest BCUT2D eigenvalue weighted by Gasteiger charge is 2.52. The Morgan fingerprint density at radius 1 is 1.30 bits per heavy atom. The zero-order chi connectivity index (χ0) is 15.9. The van der Waals surface area contributed by atoms with Crippen molar-refractivity contribution in [3.05, 3.63) is 29.6 Å². The number of amides is 1. The minimum absolute atomic E-state index is 0.0570. The number of carbonyl (C=O) groups is 1. The number of rotatable bonds is 2. The summed E-state index contributed by atoms with van der Waals surface area (Å²) in [4.78, 5) is 21.0. The van der Waals surface area contributed by atoms with Crippen LogP contribution in [-0.2, 0) is 9.47 Å². The SMILES string of the molecule is Cc1ccc(C(=O)N2CC3(CC(N4CCOCC4)CO3)C2)cn1. The zero-order valence-electron chi connectivity index (χ0n) is 13.5. The fourth-order valence-electron chi connectivity index (χ4n) is 3.79. The van der Waals surface area contributed by atoms with E-state index in [1.165, 1.54) is 0 Å². The fourth-order valence-corrected chi connectivity index (χ4v) is 3.79. The van der Waals surface area contributed by atoms with E-state index in [2.05, 4.69) is 9.88 Å². The Hall–Kier alpha value is -1.50. The van der Waals surface area contributed by atoms with Crippen molar-refractivity contribution in [1.29, 1.82) is 0 Å². The zero-order valence-corrected chi connectivity index (χ0v) is 13.5. The molecule has 1 aromatic rings. The van der Waals surface area contributed by atoms with Gasteiger partial charge in [-0.1, -0.05) is 0 Å². The fraction of sp³-hybridized carbons (Fsp3) is 0.647. The van der Waals surface area contributed by atoms with Crippen molar-refractivity contribution in [3.63, 3.8) is 0 Å². The molecule has 6 nitrogen and oxygen atoms in total. The number of hydrogen-bond donors (Lipinski definition) is 0. The van der Waals surface area contributed by atoms with Crippen molar-refractivity contribution < 1.29 is 14.3 Å². The number of carbonyl (C=O) groups excluding carboxylic acids is 1. The van der Waals surface area contributed by atoms with Gasteiger partial charge in [-0.3, -0.25) is 14.7 Å². The van der Waals surface area contributed by atoms with Crippen molar-refractivity contribution in [3.8, 4) is 0 Å². The Labute approximate surface area is 136 Å². The summed E-state index contributed by atoms with van der Waals surface area (Å²) in [5.41, 5.74) is 1.46. The van der Waals surface area contributed by atoms with E-state index in [4.69, 9.17) is 9.47 Å². The molecule has 0 radical (unpaired) electrons. The van der Waals surface area contributed by atoms with Crippen LogP contribution in [0.5, 0.6) is 0 Å². The molecule has 23 heavy (non-hydrogen) atoms. The molecule has 0 bridgehead atoms. The van der Waals surface area contributed by atoms with E-state index in [-0.39, 0.29) is 11.5 Å². The first-order valence-corrected chi connectivity index (χ1v) is 8.33. The maximum Gasteiger partial charge on any atom is 0.255 e. The number of nitrogens with zero attached hydrogens (tertiary/aromatic N) is 3. The van der Waals surface area contributed by atoms with Gasteiger partial charge in [-0.05, 0) is 25.5 Å². The lowest BCUT2D eigenvalue weighted by molar-refractivity contribution is -0.0951. The molecule has 124 valence electrons. The average molecular weight is 317 g/mol. The monoisotopic (exact) mass is 317 g/mol. The van der Waals surface area contributed by atoms with Crippen molar-refractivity contribution >= 4 is 5.91 Å². The van der Waals surface area contributed by atoms with Crippen LogP contribution in [0.25, 0.3) is 0 Å². The minimum Gasteiger partial charge on any atom is -0.379 e. The second-order valence-electron chi connectivity index (χ2n) is 6.85. The lowest BCUT2D eigenvalue weighted by atomic mass is 9.88. The molecule has 0 aliphatic carbocycles. The van der Waals surface area contributed by atoms with Crippen LogP contribution >= 0.6 is 0 Å². The first-order valence-electron chi connectivity index (χ1n) is 8.33. The van der Waals surface area contributed by atoms with Gasteiger partial charge in [0.2, 0.25) is 0 Å². The second-order valence-corrected chi connectivity index (χ2v) is 6.85. The number of aromatic nitrogens is 1. The normalized spacial score (nSPS) is 27.2. The molecular weight excluding hydrogens is 294 g/mol. The molecule has 1 spiro atoms. The molecular formula is C17H23N3O3. The Morgan fingerprint density at radius 2 is 2.09 bits per heavy atom. The Morgan fingerprint density at radius 3 is 2.78 bits per heavy atom. The molecule has 0 aromatic carbocycles. The van der Waals surface area contributed by atoms with Gasteiger partial charge in [0.1, 0.15) is 5.60 Å². The molecule has 1 aromatic heterocycles. The molecule has 6 heteroatoms. The largest absolute Gasteiger partial charge is 0.379 e. The highest BCUT2D eigenvalue weighted by atomic mass is 16.5. The van der Waals surface area contributed by atoms with Gasteiger partial charge in [0.25, 0.3) is 5.91 Å². The first-order chi connectivity index (χ1) is 11.2. The number of morpholine rings is 1. The number of aryl methyl sites for hydroxylation is 1. The predicted molar refractivity (Wildman–Crippen MR) is 84.4 cm³/mol. The van der Waals surface area contributed by atoms with Gasteiger partial charge < -0.3 is 14.4 Å². The smallest absolute Gasteiger partial charge is 0.255 e. The van der Waals surface area contributed by atoms with Crippen LogP contribution in [0, 0.1) is 6.92 Å². The van der Waals surface area contributed by atoms with Gasteiger partial charge in [-0.2, -0.15) is 0 Å². The van der Waals surface area contributed by atoms with Crippen LogP contribution in [0.3, 0.4) is 0 Å². The van der Waals surface area contributed by atoms with Crippen LogP contribution in [0.1, 0.15) is 22.5 Å². The predicted octanol–water partition coefficient (Wildman–Crippen LogP) is 0.706. The lowest BCUT2D eigenvalue weighted by Crippen LogP contribution is -2.63. The number of pyridine rings is 1. The van der Waals surface area contributed by atoms with Gasteiger partial charge in [-0.25, -0.2) is 0 Å². The van der Waals surface area contributed by atoms with E-state index < -0.39 is 0 Å². The Balaban J connectivity index is 1.34. The number of hydrogen-bond acceptors (Lipinski definition) is 5. The highest BCUT2D eigenvalue weighted by Crippen LogP contribution is 2.37. The summed E-state index contributed by atoms with van der Waals surface area (Å²) in [5.74, 6) is 0.0570. The Kier molecular flexibility index (Phi) is 3.83. The van der Waals surface area contributed by atoms with E-state index in [1.54, 1.807) is 6.20 Å². The van der Waals surface area contributed by atoms with Gasteiger partial charge >= 0.3 is 0 Å². The van der Waals surface area contributed by atoms with Crippen LogP contribution in [0.2, 0.25) is 0 Å². The summed E-state index contributed by atoms with van der Waals surface area (Å²) < 4.78 is 11.5. The molecule has 3 aliphatic heterocycles. The number of ether oxygens (including phenoxy) is 2. The molecule has 1 amide bonds. The van der Waals surface area contributed by atoms with Gasteiger partial charge in [0, 0.05) is 31.0 Å². The number of likely N-dealkylation sites (tertiary alicyclic amines) is 1. The van der Waals surface area contributed by atoms with Crippen LogP contribution < -0.4 is 0 Å². The van der Waals surface area contributed by atoms with Crippen LogP contribution in [-0.4, -0.2) is 78.3 Å². The third-order valence-electron chi connectivity index (χ3n) is 5.16. The summed E-state index contributed by atoms with van der Waals surface area (Å²) in [5, 5.41) is 0. The van der Waals surface area contributed by atoms with Crippen LogP contribution in [0.4, 0.5) is 0 Å². The minimum atomic E-state index is -0.128. The van der Waals surface area contributed by atoms with Crippen molar-refractivity contribution in [2.75, 3.05) is 46.0 Å². The molecule has 1 atom stereocenters. The molecule has 4 heterocycles. The summed E-state index contributed by atoms with van der Waals surface area (Å²) in [6, 6.07) is 4.20. The summed E-state index contributed by atoms with van der Waals surface area (Å²) in [6.45, 7) is 7.69. The molecule has 0 N–H and O–H groups in total. The summed E-state index contributed by atoms with van der Waals surface area (Å²) >= 11 is 0. The van der Waals surface area contributed by atoms with Gasteiger partial charge in [0.15, 0.2) is 0 Å². The van der Waals surface area contributed by atoms with E-state index >= 15 is 0 Å².